The molecule has 0 saturated carbocycles. The Balaban J connectivity index is 1.61. The van der Waals surface area contributed by atoms with E-state index in [2.05, 4.69) is 22.0 Å². The Morgan fingerprint density at radius 3 is 2.86 bits per heavy atom. The molecule has 1 aromatic carbocycles. The molecule has 0 bridgehead atoms. The van der Waals surface area contributed by atoms with Crippen molar-refractivity contribution in [2.24, 2.45) is 0 Å². The van der Waals surface area contributed by atoms with Gasteiger partial charge in [-0.3, -0.25) is 4.79 Å². The minimum Gasteiger partial charge on any atom is -0.381 e. The van der Waals surface area contributed by atoms with Gasteiger partial charge in [0, 0.05) is 50.7 Å². The Kier molecular flexibility index (Phi) is 4.12. The summed E-state index contributed by atoms with van der Waals surface area (Å²) in [4.78, 5) is 12.2. The molecule has 1 N–H and O–H groups in total. The third-order valence-corrected chi connectivity index (χ3v) is 4.20. The molecule has 1 aliphatic rings. The lowest BCUT2D eigenvalue weighted by Crippen LogP contribution is -2.51. The number of aromatic nitrogens is 1. The molecule has 3 rings (SSSR count). The fourth-order valence-corrected chi connectivity index (χ4v) is 2.87. The van der Waals surface area contributed by atoms with Gasteiger partial charge in [0.05, 0.1) is 6.07 Å². The van der Waals surface area contributed by atoms with Gasteiger partial charge in [-0.2, -0.15) is 5.26 Å². The molecule has 0 atom stereocenters. The fraction of sp³-hybridized carbons (Fsp3) is 0.412. The number of carbonyl (C=O) groups is 1. The van der Waals surface area contributed by atoms with Gasteiger partial charge in [0.2, 0.25) is 5.91 Å². The van der Waals surface area contributed by atoms with Crippen molar-refractivity contribution in [3.63, 3.8) is 0 Å². The van der Waals surface area contributed by atoms with Crippen molar-refractivity contribution in [3.8, 4) is 6.07 Å². The molecular formula is C17H19N3O2. The number of nitriles is 1. The van der Waals surface area contributed by atoms with E-state index >= 15 is 0 Å². The van der Waals surface area contributed by atoms with Crippen LogP contribution in [-0.4, -0.2) is 29.2 Å². The number of aryl methyl sites for hydroxylation is 1. The van der Waals surface area contributed by atoms with Gasteiger partial charge in [-0.15, -0.1) is 0 Å². The number of benzene rings is 1. The van der Waals surface area contributed by atoms with E-state index in [0.717, 1.165) is 5.52 Å². The number of amides is 1. The summed E-state index contributed by atoms with van der Waals surface area (Å²) < 4.78 is 7.34. The Bertz CT molecular complexity index is 708. The Labute approximate surface area is 129 Å². The van der Waals surface area contributed by atoms with Gasteiger partial charge in [-0.1, -0.05) is 18.2 Å². The summed E-state index contributed by atoms with van der Waals surface area (Å²) in [6, 6.07) is 12.4. The first-order valence-electron chi connectivity index (χ1n) is 7.56. The van der Waals surface area contributed by atoms with Crippen LogP contribution >= 0.6 is 0 Å². The second-order valence-electron chi connectivity index (χ2n) is 5.67. The lowest BCUT2D eigenvalue weighted by Gasteiger charge is -2.31. The van der Waals surface area contributed by atoms with Gasteiger partial charge >= 0.3 is 0 Å². The standard InChI is InChI=1S/C17H19N3O2/c18-13-17(7-11-22-12-8-17)19-16(21)6-10-20-9-5-14-3-1-2-4-15(14)20/h1-5,9H,6-8,10-12H2,(H,19,21). The van der Waals surface area contributed by atoms with Gasteiger partial charge in [0.15, 0.2) is 0 Å². The molecule has 1 amide bonds. The van der Waals surface area contributed by atoms with Crippen molar-refractivity contribution in [3.05, 3.63) is 36.5 Å². The van der Waals surface area contributed by atoms with Gasteiger partial charge in [0.25, 0.3) is 0 Å². The molecule has 1 saturated heterocycles. The van der Waals surface area contributed by atoms with Crippen LogP contribution in [-0.2, 0) is 16.1 Å². The third kappa shape index (κ3) is 2.97. The maximum atomic E-state index is 12.2. The number of rotatable bonds is 4. The molecule has 0 radical (unpaired) electrons. The maximum absolute atomic E-state index is 12.2. The van der Waals surface area contributed by atoms with Crippen molar-refractivity contribution in [1.29, 1.82) is 5.26 Å². The van der Waals surface area contributed by atoms with Crippen molar-refractivity contribution >= 4 is 16.8 Å². The molecule has 22 heavy (non-hydrogen) atoms. The first-order chi connectivity index (χ1) is 10.7. The summed E-state index contributed by atoms with van der Waals surface area (Å²) in [7, 11) is 0. The van der Waals surface area contributed by atoms with Crippen molar-refractivity contribution in [2.75, 3.05) is 13.2 Å². The molecular weight excluding hydrogens is 278 g/mol. The average Bonchev–Trinajstić information content (AvgIpc) is 2.97. The number of carbonyl (C=O) groups excluding carboxylic acids is 1. The van der Waals surface area contributed by atoms with E-state index in [1.54, 1.807) is 0 Å². The third-order valence-electron chi connectivity index (χ3n) is 4.20. The quantitative estimate of drug-likeness (QED) is 0.941. The fourth-order valence-electron chi connectivity index (χ4n) is 2.87. The monoisotopic (exact) mass is 297 g/mol. The van der Waals surface area contributed by atoms with Crippen LogP contribution in [0.2, 0.25) is 0 Å². The van der Waals surface area contributed by atoms with Crippen molar-refractivity contribution in [2.45, 2.75) is 31.3 Å². The number of para-hydroxylation sites is 1. The van der Waals surface area contributed by atoms with Gasteiger partial charge < -0.3 is 14.6 Å². The van der Waals surface area contributed by atoms with E-state index in [1.165, 1.54) is 5.39 Å². The minimum absolute atomic E-state index is 0.0822. The summed E-state index contributed by atoms with van der Waals surface area (Å²) in [5.41, 5.74) is 0.366. The lowest BCUT2D eigenvalue weighted by atomic mass is 9.91. The molecule has 1 aromatic heterocycles. The van der Waals surface area contributed by atoms with Crippen LogP contribution in [0.5, 0.6) is 0 Å². The van der Waals surface area contributed by atoms with Crippen molar-refractivity contribution in [1.82, 2.24) is 9.88 Å². The maximum Gasteiger partial charge on any atom is 0.223 e. The average molecular weight is 297 g/mol. The van der Waals surface area contributed by atoms with Gasteiger partial charge in [-0.05, 0) is 17.5 Å². The van der Waals surface area contributed by atoms with Crippen LogP contribution in [0.4, 0.5) is 0 Å². The number of fused-ring (bicyclic) bond motifs is 1. The van der Waals surface area contributed by atoms with E-state index in [9.17, 15) is 10.1 Å². The normalized spacial score (nSPS) is 17.0. The molecule has 2 heterocycles. The van der Waals surface area contributed by atoms with Crippen LogP contribution in [0.15, 0.2) is 36.5 Å². The Morgan fingerprint density at radius 2 is 2.09 bits per heavy atom. The number of hydrogen-bond donors (Lipinski definition) is 1. The summed E-state index contributed by atoms with van der Waals surface area (Å²) in [6.07, 6.45) is 3.47. The molecule has 5 nitrogen and oxygen atoms in total. The van der Waals surface area contributed by atoms with Crippen LogP contribution in [0.1, 0.15) is 19.3 Å². The molecule has 1 aliphatic heterocycles. The largest absolute Gasteiger partial charge is 0.381 e. The predicted octanol–water partition coefficient (Wildman–Crippen LogP) is 2.22. The molecule has 2 aromatic rings. The summed E-state index contributed by atoms with van der Waals surface area (Å²) in [5.74, 6) is -0.0822. The predicted molar refractivity (Wildman–Crippen MR) is 83.1 cm³/mol. The second-order valence-corrected chi connectivity index (χ2v) is 5.67. The molecule has 0 unspecified atom stereocenters. The van der Waals surface area contributed by atoms with E-state index < -0.39 is 5.54 Å². The number of ether oxygens (including phenoxy) is 1. The van der Waals surface area contributed by atoms with E-state index in [-0.39, 0.29) is 5.91 Å². The van der Waals surface area contributed by atoms with Crippen LogP contribution < -0.4 is 5.32 Å². The smallest absolute Gasteiger partial charge is 0.223 e. The topological polar surface area (TPSA) is 67.0 Å². The summed E-state index contributed by atoms with van der Waals surface area (Å²) >= 11 is 0. The SMILES string of the molecule is N#CC1(NC(=O)CCn2ccc3ccccc32)CCOCC1. The summed E-state index contributed by atoms with van der Waals surface area (Å²) in [5, 5.41) is 13.4. The van der Waals surface area contributed by atoms with Crippen molar-refractivity contribution < 1.29 is 9.53 Å². The highest BCUT2D eigenvalue weighted by Crippen LogP contribution is 2.20. The first-order valence-corrected chi connectivity index (χ1v) is 7.56. The zero-order valence-corrected chi connectivity index (χ0v) is 12.4. The second kappa shape index (κ2) is 6.20. The number of nitrogens with zero attached hydrogens (tertiary/aromatic N) is 2. The molecule has 5 heteroatoms. The zero-order chi connectivity index (χ0) is 15.4. The highest BCUT2D eigenvalue weighted by molar-refractivity contribution is 5.81. The first kappa shape index (κ1) is 14.6. The Morgan fingerprint density at radius 1 is 1.32 bits per heavy atom. The number of hydrogen-bond acceptors (Lipinski definition) is 3. The van der Waals surface area contributed by atoms with Crippen LogP contribution in [0.25, 0.3) is 10.9 Å². The highest BCUT2D eigenvalue weighted by atomic mass is 16.5. The van der Waals surface area contributed by atoms with Gasteiger partial charge in [-0.25, -0.2) is 0 Å². The molecule has 0 spiro atoms. The molecule has 1 fully saturated rings. The van der Waals surface area contributed by atoms with Crippen LogP contribution in [0.3, 0.4) is 0 Å². The molecule has 0 aliphatic carbocycles. The van der Waals surface area contributed by atoms with E-state index in [1.807, 2.05) is 30.5 Å². The minimum atomic E-state index is -0.756. The molecule has 114 valence electrons. The number of nitrogens with one attached hydrogen (secondary N) is 1. The van der Waals surface area contributed by atoms with E-state index in [0.29, 0.717) is 39.0 Å². The zero-order valence-electron chi connectivity index (χ0n) is 12.4. The Hall–Kier alpha value is -2.32. The lowest BCUT2D eigenvalue weighted by molar-refractivity contribution is -0.123. The summed E-state index contributed by atoms with van der Waals surface area (Å²) in [6.45, 7) is 1.66. The highest BCUT2D eigenvalue weighted by Gasteiger charge is 2.33. The van der Waals surface area contributed by atoms with Gasteiger partial charge in [0.1, 0.15) is 5.54 Å². The van der Waals surface area contributed by atoms with Crippen LogP contribution in [0, 0.1) is 11.3 Å². The van der Waals surface area contributed by atoms with E-state index in [4.69, 9.17) is 4.74 Å².